The number of pyridine rings is 1. The summed E-state index contributed by atoms with van der Waals surface area (Å²) in [5, 5.41) is 8.42. The maximum absolute atomic E-state index is 12.3. The molecule has 2 aromatic heterocycles. The van der Waals surface area contributed by atoms with Crippen molar-refractivity contribution in [3.05, 3.63) is 78.6 Å². The molecular formula is C20H22N6O2. The first-order valence-corrected chi connectivity index (χ1v) is 8.91. The molecule has 28 heavy (non-hydrogen) atoms. The molecule has 1 atom stereocenters. The number of nitrogens with zero attached hydrogens (tertiary/aromatic N) is 3. The van der Waals surface area contributed by atoms with Crippen LogP contribution in [0.2, 0.25) is 0 Å². The summed E-state index contributed by atoms with van der Waals surface area (Å²) in [6.07, 6.45) is 6.90. The molecule has 2 heterocycles. The van der Waals surface area contributed by atoms with Gasteiger partial charge in [-0.1, -0.05) is 12.1 Å². The van der Waals surface area contributed by atoms with Crippen LogP contribution >= 0.6 is 0 Å². The van der Waals surface area contributed by atoms with Crippen LogP contribution in [0.4, 0.5) is 10.5 Å². The number of urea groups is 1. The van der Waals surface area contributed by atoms with Crippen molar-refractivity contribution in [2.24, 2.45) is 0 Å². The van der Waals surface area contributed by atoms with E-state index in [9.17, 15) is 9.59 Å². The van der Waals surface area contributed by atoms with Crippen LogP contribution in [-0.4, -0.2) is 32.5 Å². The van der Waals surface area contributed by atoms with Crippen LogP contribution in [0.15, 0.2) is 67.4 Å². The van der Waals surface area contributed by atoms with Gasteiger partial charge in [0.15, 0.2) is 0 Å². The van der Waals surface area contributed by atoms with E-state index in [0.717, 1.165) is 5.69 Å². The average Bonchev–Trinajstić information content (AvgIpc) is 3.19. The molecule has 0 aliphatic carbocycles. The number of carbonyl (C=O) groups is 2. The van der Waals surface area contributed by atoms with Crippen LogP contribution in [0.3, 0.4) is 0 Å². The molecule has 3 rings (SSSR count). The quantitative estimate of drug-likeness (QED) is 0.588. The summed E-state index contributed by atoms with van der Waals surface area (Å²) in [4.78, 5) is 32.7. The van der Waals surface area contributed by atoms with Gasteiger partial charge in [-0.15, -0.1) is 0 Å². The lowest BCUT2D eigenvalue weighted by atomic mass is 10.2. The van der Waals surface area contributed by atoms with Crippen molar-refractivity contribution < 1.29 is 9.59 Å². The van der Waals surface area contributed by atoms with Gasteiger partial charge in [0.25, 0.3) is 5.91 Å². The van der Waals surface area contributed by atoms with E-state index in [4.69, 9.17) is 0 Å². The molecule has 0 spiro atoms. The maximum Gasteiger partial charge on any atom is 0.319 e. The molecular weight excluding hydrogens is 356 g/mol. The van der Waals surface area contributed by atoms with Crippen LogP contribution in [0.5, 0.6) is 0 Å². The van der Waals surface area contributed by atoms with Gasteiger partial charge in [-0.2, -0.15) is 0 Å². The molecule has 0 saturated heterocycles. The highest BCUT2D eigenvalue weighted by Crippen LogP contribution is 2.11. The lowest BCUT2D eigenvalue weighted by Gasteiger charge is -2.15. The number of hydrogen-bond acceptors (Lipinski definition) is 4. The second-order valence-corrected chi connectivity index (χ2v) is 6.34. The monoisotopic (exact) mass is 378 g/mol. The summed E-state index contributed by atoms with van der Waals surface area (Å²) in [6.45, 7) is 2.86. The van der Waals surface area contributed by atoms with E-state index in [1.807, 2.05) is 35.9 Å². The summed E-state index contributed by atoms with van der Waals surface area (Å²) in [6, 6.07) is 11.9. The van der Waals surface area contributed by atoms with Crippen molar-refractivity contribution in [2.75, 3.05) is 5.32 Å². The summed E-state index contributed by atoms with van der Waals surface area (Å²) in [7, 11) is 0. The minimum atomic E-state index is -0.335. The first kappa shape index (κ1) is 19.1. The highest BCUT2D eigenvalue weighted by molar-refractivity contribution is 5.96. The van der Waals surface area contributed by atoms with Gasteiger partial charge in [-0.05, 0) is 37.3 Å². The third-order valence-electron chi connectivity index (χ3n) is 3.96. The number of carbonyl (C=O) groups excluding carboxylic acids is 2. The van der Waals surface area contributed by atoms with E-state index in [-0.39, 0.29) is 18.0 Å². The molecule has 1 unspecified atom stereocenters. The zero-order valence-corrected chi connectivity index (χ0v) is 15.5. The van der Waals surface area contributed by atoms with Crippen LogP contribution in [0.1, 0.15) is 23.0 Å². The number of rotatable bonds is 7. The van der Waals surface area contributed by atoms with Crippen LogP contribution < -0.4 is 16.0 Å². The van der Waals surface area contributed by atoms with Gasteiger partial charge >= 0.3 is 6.03 Å². The minimum Gasteiger partial charge on any atom is -0.346 e. The molecule has 8 heteroatoms. The second-order valence-electron chi connectivity index (χ2n) is 6.34. The first-order chi connectivity index (χ1) is 13.6. The fourth-order valence-corrected chi connectivity index (χ4v) is 2.66. The molecule has 3 amide bonds. The van der Waals surface area contributed by atoms with Gasteiger partial charge in [0, 0.05) is 42.4 Å². The Labute approximate surface area is 163 Å². The van der Waals surface area contributed by atoms with Gasteiger partial charge in [0.2, 0.25) is 0 Å². The Balaban J connectivity index is 1.52. The Morgan fingerprint density at radius 2 is 2.04 bits per heavy atom. The number of amides is 3. The number of anilines is 1. The lowest BCUT2D eigenvalue weighted by molar-refractivity contribution is 0.0950. The minimum absolute atomic E-state index is 0.0842. The molecule has 0 saturated carbocycles. The predicted octanol–water partition coefficient (Wildman–Crippen LogP) is 2.42. The van der Waals surface area contributed by atoms with Crippen LogP contribution in [0, 0.1) is 0 Å². The van der Waals surface area contributed by atoms with Crippen molar-refractivity contribution in [3.63, 3.8) is 0 Å². The van der Waals surface area contributed by atoms with Crippen molar-refractivity contribution in [1.82, 2.24) is 25.2 Å². The largest absolute Gasteiger partial charge is 0.346 e. The van der Waals surface area contributed by atoms with Gasteiger partial charge < -0.3 is 20.5 Å². The Bertz CT molecular complexity index is 911. The molecule has 0 aliphatic heterocycles. The zero-order chi connectivity index (χ0) is 19.8. The highest BCUT2D eigenvalue weighted by Gasteiger charge is 2.10. The molecule has 1 aromatic carbocycles. The Morgan fingerprint density at radius 1 is 1.14 bits per heavy atom. The first-order valence-electron chi connectivity index (χ1n) is 8.91. The Hall–Kier alpha value is -3.68. The average molecular weight is 378 g/mol. The summed E-state index contributed by atoms with van der Waals surface area (Å²) in [5.41, 5.74) is 1.77. The topological polar surface area (TPSA) is 101 Å². The number of nitrogens with one attached hydrogen (secondary N) is 3. The van der Waals surface area contributed by atoms with E-state index in [0.29, 0.717) is 24.3 Å². The normalized spacial score (nSPS) is 11.5. The lowest BCUT2D eigenvalue weighted by Crippen LogP contribution is -2.38. The molecule has 144 valence electrons. The third-order valence-corrected chi connectivity index (χ3v) is 3.96. The van der Waals surface area contributed by atoms with Gasteiger partial charge in [-0.3, -0.25) is 9.78 Å². The predicted molar refractivity (Wildman–Crippen MR) is 106 cm³/mol. The van der Waals surface area contributed by atoms with E-state index >= 15 is 0 Å². The molecule has 0 radical (unpaired) electrons. The molecule has 0 fully saturated rings. The fraction of sp³-hybridized carbons (Fsp3) is 0.200. The SMILES string of the molecule is CC(Cn1ccnc1)NC(=O)Nc1cccc(C(=O)NCc2ccccn2)c1. The van der Waals surface area contributed by atoms with Crippen molar-refractivity contribution >= 4 is 17.6 Å². The number of hydrogen-bond donors (Lipinski definition) is 3. The summed E-state index contributed by atoms with van der Waals surface area (Å²) < 4.78 is 1.89. The second kappa shape index (κ2) is 9.31. The molecule has 3 N–H and O–H groups in total. The number of imidazole rings is 1. The van der Waals surface area contributed by atoms with Crippen LogP contribution in [-0.2, 0) is 13.1 Å². The number of aromatic nitrogens is 3. The van der Waals surface area contributed by atoms with Gasteiger partial charge in [0.1, 0.15) is 0 Å². The van der Waals surface area contributed by atoms with E-state index in [2.05, 4.69) is 25.9 Å². The zero-order valence-electron chi connectivity index (χ0n) is 15.5. The van der Waals surface area contributed by atoms with E-state index < -0.39 is 0 Å². The van der Waals surface area contributed by atoms with Crippen molar-refractivity contribution in [2.45, 2.75) is 26.1 Å². The molecule has 8 nitrogen and oxygen atoms in total. The Morgan fingerprint density at radius 3 is 2.79 bits per heavy atom. The molecule has 3 aromatic rings. The maximum atomic E-state index is 12.3. The summed E-state index contributed by atoms with van der Waals surface area (Å²) >= 11 is 0. The molecule has 0 aliphatic rings. The molecule has 0 bridgehead atoms. The summed E-state index contributed by atoms with van der Waals surface area (Å²) in [5.74, 6) is -0.233. The smallest absolute Gasteiger partial charge is 0.319 e. The Kier molecular flexibility index (Phi) is 6.35. The van der Waals surface area contributed by atoms with Crippen LogP contribution in [0.25, 0.3) is 0 Å². The van der Waals surface area contributed by atoms with Gasteiger partial charge in [0.05, 0.1) is 18.6 Å². The van der Waals surface area contributed by atoms with E-state index in [1.165, 1.54) is 0 Å². The third kappa shape index (κ3) is 5.66. The van der Waals surface area contributed by atoms with E-state index in [1.54, 1.807) is 43.0 Å². The van der Waals surface area contributed by atoms with Crippen molar-refractivity contribution in [1.29, 1.82) is 0 Å². The highest BCUT2D eigenvalue weighted by atomic mass is 16.2. The standard InChI is InChI=1S/C20H22N6O2/c1-15(13-26-10-9-21-14-26)24-20(28)25-17-7-4-5-16(11-17)19(27)23-12-18-6-2-3-8-22-18/h2-11,14-15H,12-13H2,1H3,(H,23,27)(H2,24,25,28). The van der Waals surface area contributed by atoms with Gasteiger partial charge in [-0.25, -0.2) is 9.78 Å². The fourth-order valence-electron chi connectivity index (χ4n) is 2.66. The number of benzene rings is 1. The van der Waals surface area contributed by atoms with Crippen molar-refractivity contribution in [3.8, 4) is 0 Å².